The highest BCUT2D eigenvalue weighted by molar-refractivity contribution is 7.10. The third kappa shape index (κ3) is 3.75. The van der Waals surface area contributed by atoms with Crippen molar-refractivity contribution in [3.63, 3.8) is 0 Å². The van der Waals surface area contributed by atoms with Gasteiger partial charge in [0.1, 0.15) is 5.60 Å². The van der Waals surface area contributed by atoms with Crippen LogP contribution in [0.15, 0.2) is 11.4 Å². The topological polar surface area (TPSA) is 58.6 Å². The Morgan fingerprint density at radius 1 is 1.38 bits per heavy atom. The number of hydrogen-bond acceptors (Lipinski definition) is 4. The van der Waals surface area contributed by atoms with E-state index < -0.39 is 12.1 Å². The van der Waals surface area contributed by atoms with E-state index in [1.807, 2.05) is 11.3 Å². The van der Waals surface area contributed by atoms with Crippen molar-refractivity contribution in [3.05, 3.63) is 21.9 Å². The van der Waals surface area contributed by atoms with Gasteiger partial charge in [-0.3, -0.25) is 0 Å². The lowest BCUT2D eigenvalue weighted by Crippen LogP contribution is -2.43. The highest BCUT2D eigenvalue weighted by Crippen LogP contribution is 2.42. The molecule has 0 bridgehead atoms. The number of halogens is 3. The van der Waals surface area contributed by atoms with Crippen LogP contribution in [0.25, 0.3) is 0 Å². The van der Waals surface area contributed by atoms with Crippen LogP contribution in [0.2, 0.25) is 0 Å². The third-order valence-corrected chi connectivity index (χ3v) is 4.71. The summed E-state index contributed by atoms with van der Waals surface area (Å²) in [6.45, 7) is 3.10. The maximum absolute atomic E-state index is 10.6. The van der Waals surface area contributed by atoms with Crippen LogP contribution >= 0.6 is 11.3 Å². The van der Waals surface area contributed by atoms with Crippen LogP contribution in [-0.4, -0.2) is 36.9 Å². The van der Waals surface area contributed by atoms with Crippen LogP contribution in [0.1, 0.15) is 23.3 Å². The molecule has 0 radical (unpaired) electrons. The fourth-order valence-electron chi connectivity index (χ4n) is 2.56. The Morgan fingerprint density at radius 3 is 2.57 bits per heavy atom. The Morgan fingerprint density at radius 2 is 2.00 bits per heavy atom. The van der Waals surface area contributed by atoms with E-state index in [0.29, 0.717) is 0 Å². The molecule has 3 heterocycles. The largest absolute Gasteiger partial charge is 0.490 e. The fraction of sp³-hybridized carbons (Fsp3) is 0.615. The molecule has 0 amide bonds. The minimum absolute atomic E-state index is 0.0764. The van der Waals surface area contributed by atoms with Gasteiger partial charge in [0.25, 0.3) is 0 Å². The van der Waals surface area contributed by atoms with Gasteiger partial charge < -0.3 is 15.2 Å². The van der Waals surface area contributed by atoms with E-state index in [0.717, 1.165) is 39.0 Å². The van der Waals surface area contributed by atoms with Crippen molar-refractivity contribution in [2.24, 2.45) is 0 Å². The van der Waals surface area contributed by atoms with Gasteiger partial charge in [0.15, 0.2) is 0 Å². The van der Waals surface area contributed by atoms with E-state index in [1.165, 1.54) is 10.4 Å². The zero-order valence-corrected chi connectivity index (χ0v) is 12.0. The summed E-state index contributed by atoms with van der Waals surface area (Å²) in [6.07, 6.45) is -1.70. The molecule has 1 fully saturated rings. The smallest absolute Gasteiger partial charge is 0.475 e. The molecule has 2 aliphatic heterocycles. The molecule has 21 heavy (non-hydrogen) atoms. The summed E-state index contributed by atoms with van der Waals surface area (Å²) in [7, 11) is 0. The Balaban J connectivity index is 0.000000199. The van der Waals surface area contributed by atoms with Gasteiger partial charge in [0.2, 0.25) is 0 Å². The molecule has 2 aliphatic rings. The monoisotopic (exact) mass is 323 g/mol. The second-order valence-electron chi connectivity index (χ2n) is 4.92. The highest BCUT2D eigenvalue weighted by atomic mass is 32.1. The Kier molecular flexibility index (Phi) is 4.90. The first-order valence-corrected chi connectivity index (χ1v) is 7.45. The first-order valence-electron chi connectivity index (χ1n) is 6.57. The summed E-state index contributed by atoms with van der Waals surface area (Å²) in [5.41, 5.74) is 1.61. The van der Waals surface area contributed by atoms with Gasteiger partial charge in [-0.2, -0.15) is 13.2 Å². The zero-order valence-electron chi connectivity index (χ0n) is 11.2. The predicted molar refractivity (Wildman–Crippen MR) is 71.4 cm³/mol. The minimum atomic E-state index is -5.08. The van der Waals surface area contributed by atoms with Crippen molar-refractivity contribution in [2.75, 3.05) is 19.7 Å². The normalized spacial score (nSPS) is 20.3. The number of aliphatic carboxylic acids is 1. The van der Waals surface area contributed by atoms with Gasteiger partial charge >= 0.3 is 12.1 Å². The predicted octanol–water partition coefficient (Wildman–Crippen LogP) is 2.53. The molecule has 1 aromatic heterocycles. The summed E-state index contributed by atoms with van der Waals surface area (Å²) < 4.78 is 37.8. The van der Waals surface area contributed by atoms with Gasteiger partial charge in [0, 0.05) is 4.88 Å². The maximum Gasteiger partial charge on any atom is 0.490 e. The molecule has 1 spiro atoms. The van der Waals surface area contributed by atoms with Gasteiger partial charge in [-0.15, -0.1) is 11.3 Å². The third-order valence-electron chi connectivity index (χ3n) is 3.56. The van der Waals surface area contributed by atoms with Crippen LogP contribution in [0.4, 0.5) is 13.2 Å². The lowest BCUT2D eigenvalue weighted by atomic mass is 9.86. The molecule has 3 rings (SSSR count). The number of ether oxygens (including phenoxy) is 1. The lowest BCUT2D eigenvalue weighted by molar-refractivity contribution is -0.192. The van der Waals surface area contributed by atoms with Crippen molar-refractivity contribution in [1.82, 2.24) is 5.32 Å². The fourth-order valence-corrected chi connectivity index (χ4v) is 3.72. The van der Waals surface area contributed by atoms with E-state index in [4.69, 9.17) is 14.6 Å². The van der Waals surface area contributed by atoms with Gasteiger partial charge in [-0.25, -0.2) is 4.79 Å². The van der Waals surface area contributed by atoms with Crippen LogP contribution in [0, 0.1) is 0 Å². The molecular formula is C13H16F3NO3S. The molecule has 2 N–H and O–H groups in total. The van der Waals surface area contributed by atoms with Crippen molar-refractivity contribution >= 4 is 17.3 Å². The average molecular weight is 323 g/mol. The molecular weight excluding hydrogens is 307 g/mol. The number of carbonyl (C=O) groups is 1. The first-order chi connectivity index (χ1) is 9.85. The standard InChI is InChI=1S/C11H15NOS.C2HF3O2/c1-7-13-11(3-5-12-6-4-11)10-9(1)2-8-14-10;3-2(4,5)1(6)7/h2,8,12H,1,3-7H2;(H,6,7). The van der Waals surface area contributed by atoms with Gasteiger partial charge in [0.05, 0.1) is 6.61 Å². The number of nitrogens with one attached hydrogen (secondary N) is 1. The van der Waals surface area contributed by atoms with Crippen molar-refractivity contribution in [1.29, 1.82) is 0 Å². The summed E-state index contributed by atoms with van der Waals surface area (Å²) in [6, 6.07) is 2.27. The molecule has 8 heteroatoms. The second-order valence-corrected chi connectivity index (χ2v) is 5.84. The molecule has 0 saturated carbocycles. The number of carboxylic acid groups (broad SMARTS) is 1. The minimum Gasteiger partial charge on any atom is -0.475 e. The lowest BCUT2D eigenvalue weighted by Gasteiger charge is -2.40. The van der Waals surface area contributed by atoms with Crippen molar-refractivity contribution < 1.29 is 27.8 Å². The van der Waals surface area contributed by atoms with Crippen molar-refractivity contribution in [2.45, 2.75) is 31.0 Å². The highest BCUT2D eigenvalue weighted by Gasteiger charge is 2.40. The molecule has 0 atom stereocenters. The van der Waals surface area contributed by atoms with E-state index in [-0.39, 0.29) is 5.60 Å². The Labute approximate surface area is 123 Å². The molecule has 4 nitrogen and oxygen atoms in total. The summed E-state index contributed by atoms with van der Waals surface area (Å²) >= 11 is 1.88. The summed E-state index contributed by atoms with van der Waals surface area (Å²) in [5.74, 6) is -2.76. The number of alkyl halides is 3. The maximum atomic E-state index is 10.6. The van der Waals surface area contributed by atoms with E-state index in [9.17, 15) is 13.2 Å². The van der Waals surface area contributed by atoms with Crippen LogP contribution < -0.4 is 5.32 Å². The number of piperidine rings is 1. The molecule has 118 valence electrons. The van der Waals surface area contributed by atoms with Crippen LogP contribution in [-0.2, 0) is 21.6 Å². The molecule has 0 unspecified atom stereocenters. The average Bonchev–Trinajstić information content (AvgIpc) is 2.89. The number of fused-ring (bicyclic) bond motifs is 2. The Hall–Kier alpha value is -1.12. The first kappa shape index (κ1) is 16.3. The van der Waals surface area contributed by atoms with Crippen molar-refractivity contribution in [3.8, 4) is 0 Å². The molecule has 1 saturated heterocycles. The van der Waals surface area contributed by atoms with E-state index in [1.54, 1.807) is 0 Å². The number of carboxylic acids is 1. The van der Waals surface area contributed by atoms with E-state index in [2.05, 4.69) is 16.8 Å². The van der Waals surface area contributed by atoms with Crippen LogP contribution in [0.3, 0.4) is 0 Å². The van der Waals surface area contributed by atoms with Crippen LogP contribution in [0.5, 0.6) is 0 Å². The van der Waals surface area contributed by atoms with E-state index >= 15 is 0 Å². The summed E-state index contributed by atoms with van der Waals surface area (Å²) in [4.78, 5) is 10.4. The number of hydrogen-bond donors (Lipinski definition) is 2. The summed E-state index contributed by atoms with van der Waals surface area (Å²) in [5, 5.41) is 12.7. The van der Waals surface area contributed by atoms with Gasteiger partial charge in [-0.05, 0) is 49.4 Å². The number of rotatable bonds is 0. The Bertz CT molecular complexity index is 495. The SMILES string of the molecule is O=C(O)C(F)(F)F.c1cc2c(s1)C1(CCNCC1)OCC2. The zero-order chi connectivity index (χ0) is 15.5. The van der Waals surface area contributed by atoms with Gasteiger partial charge in [-0.1, -0.05) is 0 Å². The molecule has 0 aromatic carbocycles. The molecule has 0 aliphatic carbocycles. The molecule has 1 aromatic rings. The second kappa shape index (κ2) is 6.33. The quantitative estimate of drug-likeness (QED) is 0.770. The number of thiophene rings is 1.